The van der Waals surface area contributed by atoms with Crippen LogP contribution in [0.15, 0.2) is 16.3 Å². The largest absolute Gasteiger partial charge is 0.315 e. The zero-order valence-electron chi connectivity index (χ0n) is 10.8. The van der Waals surface area contributed by atoms with Gasteiger partial charge in [-0.1, -0.05) is 6.42 Å². The van der Waals surface area contributed by atoms with Gasteiger partial charge in [-0.15, -0.1) is 11.3 Å². The standard InChI is InChI=1S/C12H20N2O2S2/c1-9(10-4-3-5-10)14-18(15,16)12-6-7-17-11(12)8-13-2/h6-7,9-10,13-14H,3-5,8H2,1-2H3. The van der Waals surface area contributed by atoms with Crippen LogP contribution in [0.5, 0.6) is 0 Å². The lowest BCUT2D eigenvalue weighted by Crippen LogP contribution is -2.40. The summed E-state index contributed by atoms with van der Waals surface area (Å²) in [5.74, 6) is 0.506. The molecule has 6 heteroatoms. The third kappa shape index (κ3) is 2.93. The van der Waals surface area contributed by atoms with Crippen LogP contribution in [0.3, 0.4) is 0 Å². The Morgan fingerprint density at radius 1 is 1.50 bits per heavy atom. The second kappa shape index (κ2) is 5.69. The maximum absolute atomic E-state index is 12.3. The number of nitrogens with one attached hydrogen (secondary N) is 2. The molecule has 1 unspecified atom stereocenters. The fraction of sp³-hybridized carbons (Fsp3) is 0.667. The van der Waals surface area contributed by atoms with Crippen molar-refractivity contribution in [1.82, 2.24) is 10.0 Å². The zero-order valence-corrected chi connectivity index (χ0v) is 12.4. The van der Waals surface area contributed by atoms with E-state index in [1.807, 2.05) is 19.4 Å². The molecule has 4 nitrogen and oxygen atoms in total. The number of sulfonamides is 1. The first-order chi connectivity index (χ1) is 8.54. The van der Waals surface area contributed by atoms with E-state index < -0.39 is 10.0 Å². The minimum atomic E-state index is -3.37. The van der Waals surface area contributed by atoms with Crippen LogP contribution in [0.4, 0.5) is 0 Å². The van der Waals surface area contributed by atoms with Crippen molar-refractivity contribution in [3.05, 3.63) is 16.3 Å². The summed E-state index contributed by atoms with van der Waals surface area (Å²) >= 11 is 1.47. The molecule has 0 radical (unpaired) electrons. The Labute approximate surface area is 113 Å². The lowest BCUT2D eigenvalue weighted by molar-refractivity contribution is 0.260. The molecular weight excluding hydrogens is 268 g/mol. The third-order valence-corrected chi connectivity index (χ3v) is 6.22. The van der Waals surface area contributed by atoms with Crippen molar-refractivity contribution in [3.8, 4) is 0 Å². The van der Waals surface area contributed by atoms with Gasteiger partial charge in [0.15, 0.2) is 0 Å². The molecule has 0 saturated heterocycles. The molecule has 1 aliphatic carbocycles. The first-order valence-corrected chi connectivity index (χ1v) is 8.64. The van der Waals surface area contributed by atoms with Crippen molar-refractivity contribution < 1.29 is 8.42 Å². The van der Waals surface area contributed by atoms with Gasteiger partial charge in [0.1, 0.15) is 0 Å². The van der Waals surface area contributed by atoms with Crippen molar-refractivity contribution in [2.45, 2.75) is 43.7 Å². The number of hydrogen-bond acceptors (Lipinski definition) is 4. The fourth-order valence-corrected chi connectivity index (χ4v) is 4.97. The Morgan fingerprint density at radius 3 is 2.78 bits per heavy atom. The summed E-state index contributed by atoms with van der Waals surface area (Å²) < 4.78 is 27.4. The summed E-state index contributed by atoms with van der Waals surface area (Å²) in [6.45, 7) is 2.55. The molecule has 1 heterocycles. The minimum Gasteiger partial charge on any atom is -0.315 e. The van der Waals surface area contributed by atoms with Crippen LogP contribution in [-0.2, 0) is 16.6 Å². The average Bonchev–Trinajstić information content (AvgIpc) is 2.63. The van der Waals surface area contributed by atoms with Gasteiger partial charge in [0.25, 0.3) is 0 Å². The summed E-state index contributed by atoms with van der Waals surface area (Å²) in [5.41, 5.74) is 0. The van der Waals surface area contributed by atoms with Crippen LogP contribution in [0.25, 0.3) is 0 Å². The molecule has 1 aromatic rings. The topological polar surface area (TPSA) is 58.2 Å². The summed E-state index contributed by atoms with van der Waals surface area (Å²) in [7, 11) is -1.55. The van der Waals surface area contributed by atoms with Crippen molar-refractivity contribution in [2.75, 3.05) is 7.05 Å². The van der Waals surface area contributed by atoms with E-state index in [2.05, 4.69) is 10.0 Å². The van der Waals surface area contributed by atoms with E-state index in [4.69, 9.17) is 0 Å². The molecule has 0 aromatic carbocycles. The lowest BCUT2D eigenvalue weighted by atomic mass is 9.81. The molecule has 1 aromatic heterocycles. The highest BCUT2D eigenvalue weighted by Gasteiger charge is 2.29. The quantitative estimate of drug-likeness (QED) is 0.841. The van der Waals surface area contributed by atoms with Gasteiger partial charge >= 0.3 is 0 Å². The van der Waals surface area contributed by atoms with Gasteiger partial charge in [0, 0.05) is 17.5 Å². The van der Waals surface area contributed by atoms with E-state index in [-0.39, 0.29) is 6.04 Å². The van der Waals surface area contributed by atoms with Crippen molar-refractivity contribution >= 4 is 21.4 Å². The van der Waals surface area contributed by atoms with Crippen LogP contribution < -0.4 is 10.0 Å². The van der Waals surface area contributed by atoms with Crippen LogP contribution in [0, 0.1) is 5.92 Å². The Kier molecular flexibility index (Phi) is 4.42. The molecule has 1 aliphatic rings. The Hall–Kier alpha value is -0.430. The molecule has 0 bridgehead atoms. The Balaban J connectivity index is 2.11. The van der Waals surface area contributed by atoms with Crippen LogP contribution in [0.2, 0.25) is 0 Å². The van der Waals surface area contributed by atoms with Crippen molar-refractivity contribution in [1.29, 1.82) is 0 Å². The second-order valence-corrected chi connectivity index (χ2v) is 7.52. The molecule has 102 valence electrons. The predicted octanol–water partition coefficient (Wildman–Crippen LogP) is 1.93. The number of thiophene rings is 1. The third-order valence-electron chi connectivity index (χ3n) is 3.53. The predicted molar refractivity (Wildman–Crippen MR) is 74.2 cm³/mol. The maximum Gasteiger partial charge on any atom is 0.241 e. The highest BCUT2D eigenvalue weighted by molar-refractivity contribution is 7.89. The zero-order chi connectivity index (χ0) is 13.2. The first-order valence-electron chi connectivity index (χ1n) is 6.28. The summed E-state index contributed by atoms with van der Waals surface area (Å²) in [6, 6.07) is 1.72. The van der Waals surface area contributed by atoms with E-state index >= 15 is 0 Å². The molecule has 18 heavy (non-hydrogen) atoms. The van der Waals surface area contributed by atoms with Gasteiger partial charge < -0.3 is 5.32 Å². The van der Waals surface area contributed by atoms with Crippen molar-refractivity contribution in [3.63, 3.8) is 0 Å². The molecular formula is C12H20N2O2S2. The van der Waals surface area contributed by atoms with Gasteiger partial charge in [0.2, 0.25) is 10.0 Å². The van der Waals surface area contributed by atoms with E-state index in [0.29, 0.717) is 17.4 Å². The molecule has 0 spiro atoms. The summed E-state index contributed by atoms with van der Waals surface area (Å²) in [6.07, 6.45) is 3.49. The number of hydrogen-bond donors (Lipinski definition) is 2. The van der Waals surface area contributed by atoms with E-state index in [9.17, 15) is 8.42 Å². The molecule has 0 amide bonds. The van der Waals surface area contributed by atoms with Crippen molar-refractivity contribution in [2.24, 2.45) is 5.92 Å². The fourth-order valence-electron chi connectivity index (χ4n) is 2.20. The van der Waals surface area contributed by atoms with Gasteiger partial charge in [0.05, 0.1) is 4.90 Å². The molecule has 2 N–H and O–H groups in total. The monoisotopic (exact) mass is 288 g/mol. The lowest BCUT2D eigenvalue weighted by Gasteiger charge is -2.31. The summed E-state index contributed by atoms with van der Waals surface area (Å²) in [4.78, 5) is 1.29. The minimum absolute atomic E-state index is 0.0334. The van der Waals surface area contributed by atoms with E-state index in [1.165, 1.54) is 17.8 Å². The smallest absolute Gasteiger partial charge is 0.241 e. The highest BCUT2D eigenvalue weighted by Crippen LogP contribution is 2.30. The van der Waals surface area contributed by atoms with Gasteiger partial charge in [-0.2, -0.15) is 0 Å². The number of rotatable bonds is 6. The average molecular weight is 288 g/mol. The summed E-state index contributed by atoms with van der Waals surface area (Å²) in [5, 5.41) is 4.83. The molecule has 2 rings (SSSR count). The molecule has 1 saturated carbocycles. The van der Waals surface area contributed by atoms with E-state index in [1.54, 1.807) is 6.07 Å². The molecule has 0 aliphatic heterocycles. The Morgan fingerprint density at radius 2 is 2.22 bits per heavy atom. The van der Waals surface area contributed by atoms with Crippen LogP contribution in [-0.4, -0.2) is 21.5 Å². The van der Waals surface area contributed by atoms with Gasteiger partial charge in [-0.3, -0.25) is 0 Å². The van der Waals surface area contributed by atoms with Gasteiger partial charge in [-0.05, 0) is 44.2 Å². The molecule has 1 fully saturated rings. The Bertz CT molecular complexity index is 492. The SMILES string of the molecule is CNCc1sccc1S(=O)(=O)NC(C)C1CCC1. The normalized spacial score (nSPS) is 18.6. The van der Waals surface area contributed by atoms with Crippen LogP contribution in [0.1, 0.15) is 31.1 Å². The maximum atomic E-state index is 12.3. The molecule has 1 atom stereocenters. The van der Waals surface area contributed by atoms with E-state index in [0.717, 1.165) is 17.7 Å². The highest BCUT2D eigenvalue weighted by atomic mass is 32.2. The first kappa shape index (κ1) is 14.0. The van der Waals surface area contributed by atoms with Crippen LogP contribution >= 0.6 is 11.3 Å². The second-order valence-electron chi connectivity index (χ2n) is 4.84. The van der Waals surface area contributed by atoms with Gasteiger partial charge in [-0.25, -0.2) is 13.1 Å².